The van der Waals surface area contributed by atoms with Crippen molar-refractivity contribution in [3.63, 3.8) is 0 Å². The summed E-state index contributed by atoms with van der Waals surface area (Å²) in [6.07, 6.45) is 4.91. The Labute approximate surface area is 173 Å². The molecule has 1 aliphatic heterocycles. The van der Waals surface area contributed by atoms with Gasteiger partial charge in [0.1, 0.15) is 5.82 Å². The van der Waals surface area contributed by atoms with E-state index < -0.39 is 5.82 Å². The number of hydrogen-bond acceptors (Lipinski definition) is 5. The molecule has 0 atom stereocenters. The smallest absolute Gasteiger partial charge is 0.251 e. The number of fused-ring (bicyclic) bond motifs is 1. The Hall–Kier alpha value is -2.35. The Kier molecular flexibility index (Phi) is 6.18. The second-order valence-electron chi connectivity index (χ2n) is 7.35. The Morgan fingerprint density at radius 3 is 2.69 bits per heavy atom. The maximum atomic E-state index is 13.6. The van der Waals surface area contributed by atoms with Gasteiger partial charge in [-0.2, -0.15) is 0 Å². The number of halogens is 2. The summed E-state index contributed by atoms with van der Waals surface area (Å²) in [7, 11) is 0. The van der Waals surface area contributed by atoms with E-state index in [2.05, 4.69) is 20.2 Å². The number of nitrogens with zero attached hydrogens (tertiary/aromatic N) is 4. The molecule has 3 aromatic heterocycles. The topological polar surface area (TPSA) is 63.1 Å². The van der Waals surface area contributed by atoms with Crippen LogP contribution < -0.4 is 10.9 Å². The quantitative estimate of drug-likeness (QED) is 0.670. The minimum atomic E-state index is -0.432. The van der Waals surface area contributed by atoms with Crippen LogP contribution in [0.1, 0.15) is 18.5 Å². The Morgan fingerprint density at radius 2 is 1.93 bits per heavy atom. The molecule has 152 valence electrons. The van der Waals surface area contributed by atoms with Gasteiger partial charge < -0.3 is 14.8 Å². The van der Waals surface area contributed by atoms with Crippen LogP contribution >= 0.6 is 11.6 Å². The Bertz CT molecular complexity index is 1030. The summed E-state index contributed by atoms with van der Waals surface area (Å²) in [5, 5.41) is 4.20. The van der Waals surface area contributed by atoms with Crippen LogP contribution in [0.3, 0.4) is 0 Å². The molecule has 0 amide bonds. The number of aromatic nitrogens is 3. The molecule has 1 saturated heterocycles. The summed E-state index contributed by atoms with van der Waals surface area (Å²) in [6.45, 7) is 3.91. The van der Waals surface area contributed by atoms with Crippen molar-refractivity contribution in [2.45, 2.75) is 32.0 Å². The molecule has 6 nitrogen and oxygen atoms in total. The molecular weight excluding hydrogens is 393 g/mol. The second kappa shape index (κ2) is 8.98. The molecule has 0 radical (unpaired) electrons. The van der Waals surface area contributed by atoms with E-state index in [1.807, 2.05) is 12.1 Å². The van der Waals surface area contributed by atoms with Crippen LogP contribution in [0.5, 0.6) is 0 Å². The lowest BCUT2D eigenvalue weighted by Crippen LogP contribution is -2.43. The minimum absolute atomic E-state index is 0.128. The van der Waals surface area contributed by atoms with Crippen molar-refractivity contribution in [1.29, 1.82) is 0 Å². The second-order valence-corrected chi connectivity index (χ2v) is 7.78. The zero-order chi connectivity index (χ0) is 20.2. The lowest BCUT2D eigenvalue weighted by molar-refractivity contribution is 0.191. The Morgan fingerprint density at radius 1 is 1.10 bits per heavy atom. The van der Waals surface area contributed by atoms with Crippen LogP contribution in [0.15, 0.2) is 47.5 Å². The van der Waals surface area contributed by atoms with Gasteiger partial charge in [0, 0.05) is 44.0 Å². The van der Waals surface area contributed by atoms with E-state index in [1.165, 1.54) is 18.3 Å². The third kappa shape index (κ3) is 4.98. The van der Waals surface area contributed by atoms with Crippen LogP contribution in [-0.2, 0) is 13.1 Å². The van der Waals surface area contributed by atoms with Gasteiger partial charge in [0.15, 0.2) is 0 Å². The summed E-state index contributed by atoms with van der Waals surface area (Å²) in [6, 6.07) is 8.75. The van der Waals surface area contributed by atoms with Gasteiger partial charge in [-0.15, -0.1) is 0 Å². The molecule has 1 N–H and O–H groups in total. The third-order valence-electron chi connectivity index (χ3n) is 5.39. The molecule has 0 aromatic carbocycles. The molecule has 4 rings (SSSR count). The van der Waals surface area contributed by atoms with Gasteiger partial charge in [0.2, 0.25) is 0 Å². The summed E-state index contributed by atoms with van der Waals surface area (Å²) in [4.78, 5) is 23.0. The highest BCUT2D eigenvalue weighted by Gasteiger charge is 2.19. The highest BCUT2D eigenvalue weighted by molar-refractivity contribution is 6.30. The average molecular weight is 416 g/mol. The van der Waals surface area contributed by atoms with E-state index in [4.69, 9.17) is 11.6 Å². The van der Waals surface area contributed by atoms with E-state index in [0.29, 0.717) is 28.6 Å². The van der Waals surface area contributed by atoms with E-state index in [9.17, 15) is 9.18 Å². The van der Waals surface area contributed by atoms with Crippen molar-refractivity contribution in [3.05, 3.63) is 69.6 Å². The molecule has 29 heavy (non-hydrogen) atoms. The SMILES string of the molecule is O=c1ccc2ncc(F)cc2n1CCN1CCC(NCc2ccc(Cl)cn2)CC1. The van der Waals surface area contributed by atoms with Crippen molar-refractivity contribution in [3.8, 4) is 0 Å². The average Bonchev–Trinajstić information content (AvgIpc) is 2.73. The Balaban J connectivity index is 1.30. The molecule has 1 aliphatic rings. The van der Waals surface area contributed by atoms with Crippen LogP contribution in [-0.4, -0.2) is 45.1 Å². The lowest BCUT2D eigenvalue weighted by Gasteiger charge is -2.32. The van der Waals surface area contributed by atoms with Gasteiger partial charge in [-0.05, 0) is 44.1 Å². The first-order valence-corrected chi connectivity index (χ1v) is 10.2. The highest BCUT2D eigenvalue weighted by atomic mass is 35.5. The fraction of sp³-hybridized carbons (Fsp3) is 0.381. The van der Waals surface area contributed by atoms with Gasteiger partial charge >= 0.3 is 0 Å². The van der Waals surface area contributed by atoms with Gasteiger partial charge in [0.25, 0.3) is 5.56 Å². The van der Waals surface area contributed by atoms with E-state index >= 15 is 0 Å². The van der Waals surface area contributed by atoms with Crippen molar-refractivity contribution in [2.24, 2.45) is 0 Å². The van der Waals surface area contributed by atoms with Gasteiger partial charge in [-0.3, -0.25) is 14.8 Å². The number of rotatable bonds is 6. The van der Waals surface area contributed by atoms with Crippen molar-refractivity contribution in [1.82, 2.24) is 24.8 Å². The molecule has 0 bridgehead atoms. The first-order chi connectivity index (χ1) is 14.1. The molecule has 0 spiro atoms. The normalized spacial score (nSPS) is 15.8. The van der Waals surface area contributed by atoms with Crippen LogP contribution in [0.25, 0.3) is 11.0 Å². The van der Waals surface area contributed by atoms with Crippen LogP contribution in [0, 0.1) is 5.82 Å². The largest absolute Gasteiger partial charge is 0.308 e. The molecule has 4 heterocycles. The third-order valence-corrected chi connectivity index (χ3v) is 5.62. The number of piperidine rings is 1. The van der Waals surface area contributed by atoms with Gasteiger partial charge in [0.05, 0.1) is 27.9 Å². The summed E-state index contributed by atoms with van der Waals surface area (Å²) in [5.41, 5.74) is 2.03. The first kappa shape index (κ1) is 19.9. The number of hydrogen-bond donors (Lipinski definition) is 1. The molecular formula is C21H23ClFN5O. The first-order valence-electron chi connectivity index (χ1n) is 9.80. The predicted molar refractivity (Wildman–Crippen MR) is 112 cm³/mol. The fourth-order valence-corrected chi connectivity index (χ4v) is 3.85. The highest BCUT2D eigenvalue weighted by Crippen LogP contribution is 2.14. The molecule has 0 unspecified atom stereocenters. The zero-order valence-electron chi connectivity index (χ0n) is 16.0. The van der Waals surface area contributed by atoms with Crippen LogP contribution in [0.2, 0.25) is 5.02 Å². The molecule has 8 heteroatoms. The molecule has 1 fully saturated rings. The summed E-state index contributed by atoms with van der Waals surface area (Å²) < 4.78 is 15.2. The predicted octanol–water partition coefficient (Wildman–Crippen LogP) is 2.84. The van der Waals surface area contributed by atoms with E-state index in [0.717, 1.165) is 44.7 Å². The maximum Gasteiger partial charge on any atom is 0.251 e. The fourth-order valence-electron chi connectivity index (χ4n) is 3.74. The van der Waals surface area contributed by atoms with Crippen LogP contribution in [0.4, 0.5) is 4.39 Å². The molecule has 3 aromatic rings. The number of nitrogens with one attached hydrogen (secondary N) is 1. The molecule has 0 aliphatic carbocycles. The number of pyridine rings is 3. The maximum absolute atomic E-state index is 13.6. The monoisotopic (exact) mass is 415 g/mol. The zero-order valence-corrected chi connectivity index (χ0v) is 16.8. The van der Waals surface area contributed by atoms with Gasteiger partial charge in [-0.25, -0.2) is 4.39 Å². The van der Waals surface area contributed by atoms with Crippen molar-refractivity contribution in [2.75, 3.05) is 19.6 Å². The number of likely N-dealkylation sites (tertiary alicyclic amines) is 1. The van der Waals surface area contributed by atoms with E-state index in [-0.39, 0.29) is 5.56 Å². The van der Waals surface area contributed by atoms with E-state index in [1.54, 1.807) is 16.8 Å². The lowest BCUT2D eigenvalue weighted by atomic mass is 10.0. The molecule has 0 saturated carbocycles. The summed E-state index contributed by atoms with van der Waals surface area (Å²) in [5.74, 6) is -0.432. The van der Waals surface area contributed by atoms with Crippen molar-refractivity contribution < 1.29 is 4.39 Å². The van der Waals surface area contributed by atoms with Gasteiger partial charge in [-0.1, -0.05) is 11.6 Å². The minimum Gasteiger partial charge on any atom is -0.308 e. The van der Waals surface area contributed by atoms with Crippen molar-refractivity contribution >= 4 is 22.6 Å². The summed E-state index contributed by atoms with van der Waals surface area (Å²) >= 11 is 5.87. The standard InChI is InChI=1S/C21H23ClFN5O/c22-15-1-2-18(24-12-15)14-25-17-5-7-27(8-6-17)9-10-28-20-11-16(23)13-26-19(20)3-4-21(28)29/h1-4,11-13,17,25H,5-10,14H2.